The molecule has 1 saturated heterocycles. The van der Waals surface area contributed by atoms with E-state index in [4.69, 9.17) is 11.6 Å². The summed E-state index contributed by atoms with van der Waals surface area (Å²) in [7, 11) is 2.08. The minimum atomic E-state index is -0.0373. The third kappa shape index (κ3) is 3.95. The van der Waals surface area contributed by atoms with Gasteiger partial charge in [0.1, 0.15) is 17.8 Å². The molecule has 2 aromatic heterocycles. The molecule has 8 heteroatoms. The van der Waals surface area contributed by atoms with E-state index in [9.17, 15) is 4.79 Å². The summed E-state index contributed by atoms with van der Waals surface area (Å²) in [6.45, 7) is 2.11. The fraction of sp³-hybridized carbons (Fsp3) is 0.350. The molecule has 1 amide bonds. The number of hydrogen-bond acceptors (Lipinski definition) is 5. The Morgan fingerprint density at radius 3 is 2.86 bits per heavy atom. The fourth-order valence-corrected chi connectivity index (χ4v) is 3.92. The molecule has 2 N–H and O–H groups in total. The van der Waals surface area contributed by atoms with E-state index in [1.54, 1.807) is 12.4 Å². The number of carbonyl (C=O) groups is 1. The van der Waals surface area contributed by atoms with Crippen LogP contribution in [0.3, 0.4) is 0 Å². The van der Waals surface area contributed by atoms with E-state index in [2.05, 4.69) is 37.1 Å². The number of nitrogens with one attached hydrogen (secondary N) is 2. The molecule has 146 valence electrons. The molecule has 3 heterocycles. The van der Waals surface area contributed by atoms with Gasteiger partial charge in [-0.3, -0.25) is 9.69 Å². The van der Waals surface area contributed by atoms with Gasteiger partial charge in [0.15, 0.2) is 0 Å². The fourth-order valence-electron chi connectivity index (χ4n) is 3.73. The van der Waals surface area contributed by atoms with Gasteiger partial charge >= 0.3 is 0 Å². The molecule has 4 rings (SSSR count). The van der Waals surface area contributed by atoms with Crippen LogP contribution in [0.5, 0.6) is 0 Å². The summed E-state index contributed by atoms with van der Waals surface area (Å²) < 4.78 is 0. The van der Waals surface area contributed by atoms with Crippen LogP contribution >= 0.6 is 11.6 Å². The highest BCUT2D eigenvalue weighted by Crippen LogP contribution is 2.26. The first kappa shape index (κ1) is 18.7. The summed E-state index contributed by atoms with van der Waals surface area (Å²) in [4.78, 5) is 28.6. The number of fused-ring (bicyclic) bond motifs is 1. The molecule has 0 spiro atoms. The van der Waals surface area contributed by atoms with Gasteiger partial charge in [-0.05, 0) is 31.0 Å². The third-order valence-electron chi connectivity index (χ3n) is 5.29. The summed E-state index contributed by atoms with van der Waals surface area (Å²) in [6.07, 6.45) is 5.44. The van der Waals surface area contributed by atoms with Gasteiger partial charge in [0.05, 0.1) is 22.6 Å². The topological polar surface area (TPSA) is 77.2 Å². The number of piperidine rings is 1. The number of aromatic amines is 1. The normalized spacial score (nSPS) is 15.6. The predicted octanol–water partition coefficient (Wildman–Crippen LogP) is 3.15. The summed E-state index contributed by atoms with van der Waals surface area (Å²) in [5, 5.41) is 4.48. The molecule has 3 aromatic rings. The Hall–Kier alpha value is -2.64. The van der Waals surface area contributed by atoms with E-state index in [1.807, 2.05) is 30.5 Å². The summed E-state index contributed by atoms with van der Waals surface area (Å²) in [6, 6.07) is 9.68. The quantitative estimate of drug-likeness (QED) is 0.690. The van der Waals surface area contributed by atoms with Crippen molar-refractivity contribution in [2.24, 2.45) is 0 Å². The Labute approximate surface area is 168 Å². The molecule has 0 bridgehead atoms. The van der Waals surface area contributed by atoms with Crippen LogP contribution in [-0.2, 0) is 4.79 Å². The average Bonchev–Trinajstić information content (AvgIpc) is 3.19. The highest BCUT2D eigenvalue weighted by Gasteiger charge is 2.25. The number of anilines is 2. The molecule has 1 aliphatic rings. The summed E-state index contributed by atoms with van der Waals surface area (Å²) >= 11 is 6.11. The zero-order chi connectivity index (χ0) is 19.5. The number of amides is 1. The molecular formula is C20H23ClN6O. The molecule has 0 aliphatic carbocycles. The van der Waals surface area contributed by atoms with E-state index in [-0.39, 0.29) is 5.91 Å². The maximum Gasteiger partial charge on any atom is 0.238 e. The Kier molecular flexibility index (Phi) is 5.45. The highest BCUT2D eigenvalue weighted by molar-refractivity contribution is 6.33. The number of carbonyl (C=O) groups excluding carboxylic acids is 1. The molecule has 0 saturated carbocycles. The first-order valence-electron chi connectivity index (χ1n) is 9.39. The zero-order valence-corrected chi connectivity index (χ0v) is 16.5. The number of likely N-dealkylation sites (tertiary alicyclic amines) is 1. The van der Waals surface area contributed by atoms with Crippen molar-refractivity contribution in [1.29, 1.82) is 0 Å². The van der Waals surface area contributed by atoms with Crippen LogP contribution in [0.4, 0.5) is 11.5 Å². The molecule has 0 unspecified atom stereocenters. The number of benzene rings is 1. The second-order valence-corrected chi connectivity index (χ2v) is 7.49. The molecule has 1 aliphatic heterocycles. The molecule has 0 atom stereocenters. The predicted molar refractivity (Wildman–Crippen MR) is 112 cm³/mol. The second-order valence-electron chi connectivity index (χ2n) is 7.08. The van der Waals surface area contributed by atoms with E-state index >= 15 is 0 Å². The second kappa shape index (κ2) is 8.16. The zero-order valence-electron chi connectivity index (χ0n) is 15.7. The standard InChI is InChI=1S/C20H23ClN6O/c1-26(20-15-6-9-22-19(15)23-13-24-20)14-7-10-27(11-8-14)12-18(28)25-17-5-3-2-4-16(17)21/h2-6,9,13-14H,7-8,10-12H2,1H3,(H,25,28)(H,22,23,24). The minimum absolute atomic E-state index is 0.0373. The Morgan fingerprint density at radius 2 is 2.07 bits per heavy atom. The number of nitrogens with zero attached hydrogens (tertiary/aromatic N) is 4. The van der Waals surface area contributed by atoms with Crippen molar-refractivity contribution in [2.75, 3.05) is 36.9 Å². The lowest BCUT2D eigenvalue weighted by atomic mass is 10.0. The van der Waals surface area contributed by atoms with Gasteiger partial charge in [-0.2, -0.15) is 0 Å². The van der Waals surface area contributed by atoms with Crippen LogP contribution < -0.4 is 10.2 Å². The third-order valence-corrected chi connectivity index (χ3v) is 5.62. The molecular weight excluding hydrogens is 376 g/mol. The summed E-state index contributed by atoms with van der Waals surface area (Å²) in [5.41, 5.74) is 1.51. The largest absolute Gasteiger partial charge is 0.356 e. The number of rotatable bonds is 5. The molecule has 0 radical (unpaired) electrons. The number of hydrogen-bond donors (Lipinski definition) is 2. The first-order valence-corrected chi connectivity index (χ1v) is 9.77. The molecule has 28 heavy (non-hydrogen) atoms. The van der Waals surface area contributed by atoms with Gasteiger partial charge in [-0.15, -0.1) is 0 Å². The van der Waals surface area contributed by atoms with Gasteiger partial charge in [-0.25, -0.2) is 9.97 Å². The number of halogens is 1. The highest BCUT2D eigenvalue weighted by atomic mass is 35.5. The van der Waals surface area contributed by atoms with Crippen molar-refractivity contribution < 1.29 is 4.79 Å². The van der Waals surface area contributed by atoms with E-state index in [0.717, 1.165) is 42.8 Å². The van der Waals surface area contributed by atoms with Crippen LogP contribution in [0.2, 0.25) is 5.02 Å². The minimum Gasteiger partial charge on any atom is -0.356 e. The molecule has 7 nitrogen and oxygen atoms in total. The maximum atomic E-state index is 12.3. The van der Waals surface area contributed by atoms with Crippen molar-refractivity contribution in [3.63, 3.8) is 0 Å². The van der Waals surface area contributed by atoms with Crippen molar-refractivity contribution in [3.8, 4) is 0 Å². The number of para-hydroxylation sites is 1. The maximum absolute atomic E-state index is 12.3. The van der Waals surface area contributed by atoms with Gasteiger partial charge in [0.25, 0.3) is 0 Å². The van der Waals surface area contributed by atoms with Crippen LogP contribution in [0, 0.1) is 0 Å². The Morgan fingerprint density at radius 1 is 1.29 bits per heavy atom. The monoisotopic (exact) mass is 398 g/mol. The lowest BCUT2D eigenvalue weighted by molar-refractivity contribution is -0.117. The molecule has 1 aromatic carbocycles. The van der Waals surface area contributed by atoms with Crippen molar-refractivity contribution in [2.45, 2.75) is 18.9 Å². The number of H-pyrrole nitrogens is 1. The van der Waals surface area contributed by atoms with Crippen molar-refractivity contribution >= 4 is 40.0 Å². The van der Waals surface area contributed by atoms with Gasteiger partial charge in [-0.1, -0.05) is 23.7 Å². The van der Waals surface area contributed by atoms with E-state index in [0.29, 0.717) is 23.3 Å². The number of aromatic nitrogens is 3. The van der Waals surface area contributed by atoms with E-state index in [1.165, 1.54) is 0 Å². The van der Waals surface area contributed by atoms with Gasteiger partial charge in [0, 0.05) is 32.4 Å². The Balaban J connectivity index is 1.32. The van der Waals surface area contributed by atoms with Crippen LogP contribution in [0.25, 0.3) is 11.0 Å². The lowest BCUT2D eigenvalue weighted by Gasteiger charge is -2.37. The SMILES string of the molecule is CN(c1ncnc2[nH]ccc12)C1CCN(CC(=O)Nc2ccccc2Cl)CC1. The van der Waals surface area contributed by atoms with E-state index < -0.39 is 0 Å². The Bertz CT molecular complexity index is 966. The molecule has 1 fully saturated rings. The van der Waals surface area contributed by atoms with Crippen LogP contribution in [0.15, 0.2) is 42.9 Å². The smallest absolute Gasteiger partial charge is 0.238 e. The van der Waals surface area contributed by atoms with Gasteiger partial charge < -0.3 is 15.2 Å². The average molecular weight is 399 g/mol. The van der Waals surface area contributed by atoms with Crippen molar-refractivity contribution in [3.05, 3.63) is 47.9 Å². The van der Waals surface area contributed by atoms with Crippen LogP contribution in [-0.4, -0.2) is 58.5 Å². The first-order chi connectivity index (χ1) is 13.6. The van der Waals surface area contributed by atoms with Crippen LogP contribution in [0.1, 0.15) is 12.8 Å². The lowest BCUT2D eigenvalue weighted by Crippen LogP contribution is -2.46. The summed E-state index contributed by atoms with van der Waals surface area (Å²) in [5.74, 6) is 0.908. The van der Waals surface area contributed by atoms with Gasteiger partial charge in [0.2, 0.25) is 5.91 Å². The van der Waals surface area contributed by atoms with Crippen molar-refractivity contribution in [1.82, 2.24) is 19.9 Å².